The molecule has 19 heavy (non-hydrogen) atoms. The zero-order valence-electron chi connectivity index (χ0n) is 10.4. The highest BCUT2D eigenvalue weighted by Crippen LogP contribution is 2.27. The lowest BCUT2D eigenvalue weighted by Gasteiger charge is -2.21. The van der Waals surface area contributed by atoms with Gasteiger partial charge in [-0.2, -0.15) is 28.6 Å². The van der Waals surface area contributed by atoms with Crippen LogP contribution < -0.4 is 0 Å². The van der Waals surface area contributed by atoms with Crippen molar-refractivity contribution in [2.24, 2.45) is 0 Å². The van der Waals surface area contributed by atoms with Gasteiger partial charge in [0.1, 0.15) is 0 Å². The SMILES string of the molecule is S=c1[nH]nc(-c2ccccc2)n1CC1CSCCS1. The minimum absolute atomic E-state index is 0.630. The van der Waals surface area contributed by atoms with Crippen LogP contribution in [-0.4, -0.2) is 37.3 Å². The highest BCUT2D eigenvalue weighted by Gasteiger charge is 2.18. The Morgan fingerprint density at radius 3 is 2.89 bits per heavy atom. The van der Waals surface area contributed by atoms with Crippen molar-refractivity contribution in [1.29, 1.82) is 0 Å². The maximum absolute atomic E-state index is 5.37. The summed E-state index contributed by atoms with van der Waals surface area (Å²) in [5.41, 5.74) is 1.11. The maximum atomic E-state index is 5.37. The van der Waals surface area contributed by atoms with Crippen molar-refractivity contribution in [1.82, 2.24) is 14.8 Å². The summed E-state index contributed by atoms with van der Waals surface area (Å²) in [5, 5.41) is 7.94. The van der Waals surface area contributed by atoms with Crippen LogP contribution in [0, 0.1) is 4.77 Å². The lowest BCUT2D eigenvalue weighted by molar-refractivity contribution is 0.690. The van der Waals surface area contributed by atoms with Gasteiger partial charge in [0.05, 0.1) is 0 Å². The minimum atomic E-state index is 0.630. The van der Waals surface area contributed by atoms with Crippen molar-refractivity contribution >= 4 is 35.7 Å². The predicted molar refractivity (Wildman–Crippen MR) is 86.4 cm³/mol. The first kappa shape index (κ1) is 13.3. The molecular weight excluding hydrogens is 294 g/mol. The quantitative estimate of drug-likeness (QED) is 0.881. The largest absolute Gasteiger partial charge is 0.299 e. The lowest BCUT2D eigenvalue weighted by atomic mass is 10.2. The molecule has 100 valence electrons. The Hall–Kier alpha value is -0.720. The molecule has 1 unspecified atom stereocenters. The number of nitrogens with one attached hydrogen (secondary N) is 1. The number of nitrogens with zero attached hydrogens (tertiary/aromatic N) is 2. The van der Waals surface area contributed by atoms with E-state index in [0.717, 1.165) is 22.7 Å². The van der Waals surface area contributed by atoms with Crippen LogP contribution in [0.1, 0.15) is 0 Å². The molecule has 1 aliphatic rings. The van der Waals surface area contributed by atoms with E-state index in [1.807, 2.05) is 41.7 Å². The van der Waals surface area contributed by atoms with E-state index < -0.39 is 0 Å². The molecule has 1 fully saturated rings. The Morgan fingerprint density at radius 2 is 2.16 bits per heavy atom. The Labute approximate surface area is 126 Å². The highest BCUT2D eigenvalue weighted by molar-refractivity contribution is 8.06. The fourth-order valence-corrected chi connectivity index (χ4v) is 5.00. The molecule has 0 amide bonds. The average molecular weight is 309 g/mol. The smallest absolute Gasteiger partial charge is 0.195 e. The fourth-order valence-electron chi connectivity index (χ4n) is 2.14. The first-order valence-electron chi connectivity index (χ1n) is 6.24. The van der Waals surface area contributed by atoms with E-state index in [2.05, 4.69) is 26.9 Å². The summed E-state index contributed by atoms with van der Waals surface area (Å²) in [5.74, 6) is 4.65. The van der Waals surface area contributed by atoms with Crippen LogP contribution in [0.3, 0.4) is 0 Å². The van der Waals surface area contributed by atoms with Gasteiger partial charge in [0.2, 0.25) is 0 Å². The Morgan fingerprint density at radius 1 is 1.32 bits per heavy atom. The van der Waals surface area contributed by atoms with Crippen molar-refractivity contribution in [2.45, 2.75) is 11.8 Å². The van der Waals surface area contributed by atoms with Gasteiger partial charge in [0.15, 0.2) is 10.6 Å². The van der Waals surface area contributed by atoms with E-state index in [-0.39, 0.29) is 0 Å². The van der Waals surface area contributed by atoms with Crippen molar-refractivity contribution in [3.05, 3.63) is 35.1 Å². The van der Waals surface area contributed by atoms with Gasteiger partial charge in [-0.1, -0.05) is 30.3 Å². The third-order valence-corrected chi connectivity index (χ3v) is 6.20. The molecule has 3 nitrogen and oxygen atoms in total. The lowest BCUT2D eigenvalue weighted by Crippen LogP contribution is -2.21. The van der Waals surface area contributed by atoms with Gasteiger partial charge < -0.3 is 0 Å². The van der Waals surface area contributed by atoms with Crippen LogP contribution in [0.4, 0.5) is 0 Å². The second kappa shape index (κ2) is 6.15. The van der Waals surface area contributed by atoms with Gasteiger partial charge >= 0.3 is 0 Å². The average Bonchev–Trinajstić information content (AvgIpc) is 2.82. The molecule has 0 bridgehead atoms. The zero-order valence-corrected chi connectivity index (χ0v) is 12.9. The van der Waals surface area contributed by atoms with Gasteiger partial charge in [0.25, 0.3) is 0 Å². The van der Waals surface area contributed by atoms with Crippen molar-refractivity contribution in [3.63, 3.8) is 0 Å². The summed E-state index contributed by atoms with van der Waals surface area (Å²) in [4.78, 5) is 0. The number of benzene rings is 1. The van der Waals surface area contributed by atoms with E-state index in [1.165, 1.54) is 17.3 Å². The molecule has 2 heterocycles. The van der Waals surface area contributed by atoms with Crippen molar-refractivity contribution in [2.75, 3.05) is 17.3 Å². The van der Waals surface area contributed by atoms with Gasteiger partial charge in [-0.15, -0.1) is 0 Å². The molecule has 1 N–H and O–H groups in total. The zero-order chi connectivity index (χ0) is 13.1. The standard InChI is InChI=1S/C13H15N3S3/c17-13-15-14-12(10-4-2-1-3-5-10)16(13)8-11-9-18-6-7-19-11/h1-5,11H,6-9H2,(H,15,17). The topological polar surface area (TPSA) is 33.6 Å². The molecule has 0 aliphatic carbocycles. The third kappa shape index (κ3) is 3.07. The fraction of sp³-hybridized carbons (Fsp3) is 0.385. The number of rotatable bonds is 3. The number of H-pyrrole nitrogens is 1. The third-order valence-electron chi connectivity index (χ3n) is 3.06. The van der Waals surface area contributed by atoms with Crippen LogP contribution in [0.2, 0.25) is 0 Å². The molecule has 6 heteroatoms. The van der Waals surface area contributed by atoms with E-state index in [9.17, 15) is 0 Å². The predicted octanol–water partition coefficient (Wildman–Crippen LogP) is 3.46. The second-order valence-electron chi connectivity index (χ2n) is 4.40. The summed E-state index contributed by atoms with van der Waals surface area (Å²) in [6, 6.07) is 10.2. The summed E-state index contributed by atoms with van der Waals surface area (Å²) in [7, 11) is 0. The molecule has 1 aliphatic heterocycles. The van der Waals surface area contributed by atoms with Crippen LogP contribution in [-0.2, 0) is 6.54 Å². The molecular formula is C13H15N3S3. The van der Waals surface area contributed by atoms with Gasteiger partial charge in [-0.25, -0.2) is 0 Å². The molecule has 3 rings (SSSR count). The van der Waals surface area contributed by atoms with Crippen molar-refractivity contribution in [3.8, 4) is 11.4 Å². The molecule has 1 aromatic carbocycles. The van der Waals surface area contributed by atoms with Gasteiger partial charge in [-0.3, -0.25) is 9.67 Å². The van der Waals surface area contributed by atoms with E-state index in [4.69, 9.17) is 12.2 Å². The minimum Gasteiger partial charge on any atom is -0.299 e. The van der Waals surface area contributed by atoms with Crippen LogP contribution >= 0.6 is 35.7 Å². The molecule has 2 aromatic rings. The van der Waals surface area contributed by atoms with E-state index >= 15 is 0 Å². The maximum Gasteiger partial charge on any atom is 0.195 e. The van der Waals surface area contributed by atoms with E-state index in [1.54, 1.807) is 0 Å². The molecule has 1 aromatic heterocycles. The Bertz CT molecular complexity index is 585. The monoisotopic (exact) mass is 309 g/mol. The molecule has 1 atom stereocenters. The van der Waals surface area contributed by atoms with Crippen LogP contribution in [0.5, 0.6) is 0 Å². The number of aromatic amines is 1. The number of thioether (sulfide) groups is 2. The first-order valence-corrected chi connectivity index (χ1v) is 8.86. The highest BCUT2D eigenvalue weighted by atomic mass is 32.2. The van der Waals surface area contributed by atoms with Gasteiger partial charge in [-0.05, 0) is 12.2 Å². The number of aromatic nitrogens is 3. The summed E-state index contributed by atoms with van der Waals surface area (Å²) < 4.78 is 2.85. The van der Waals surface area contributed by atoms with E-state index in [0.29, 0.717) is 5.25 Å². The molecule has 0 radical (unpaired) electrons. The Kier molecular flexibility index (Phi) is 4.30. The number of hydrogen-bond acceptors (Lipinski definition) is 4. The molecule has 1 saturated heterocycles. The summed E-state index contributed by atoms with van der Waals surface area (Å²) in [6.07, 6.45) is 0. The van der Waals surface area contributed by atoms with Crippen LogP contribution in [0.25, 0.3) is 11.4 Å². The Balaban J connectivity index is 1.88. The number of hydrogen-bond donors (Lipinski definition) is 1. The first-order chi connectivity index (χ1) is 9.34. The molecule has 0 spiro atoms. The van der Waals surface area contributed by atoms with Crippen LogP contribution in [0.15, 0.2) is 30.3 Å². The molecule has 0 saturated carbocycles. The van der Waals surface area contributed by atoms with Gasteiger partial charge in [0, 0.05) is 34.6 Å². The second-order valence-corrected chi connectivity index (χ2v) is 7.34. The normalized spacial score (nSPS) is 19.5. The summed E-state index contributed by atoms with van der Waals surface area (Å²) >= 11 is 9.45. The van der Waals surface area contributed by atoms with Crippen molar-refractivity contribution < 1.29 is 0 Å². The summed E-state index contributed by atoms with van der Waals surface area (Å²) in [6.45, 7) is 0.942.